The molecule has 2 aromatic carbocycles. The molecule has 0 spiro atoms. The Morgan fingerprint density at radius 1 is 1.21 bits per heavy atom. The second-order valence-electron chi connectivity index (χ2n) is 4.19. The third-order valence-electron chi connectivity index (χ3n) is 2.84. The van der Waals surface area contributed by atoms with E-state index in [4.69, 9.17) is 17.3 Å². The Morgan fingerprint density at radius 3 is 2.63 bits per heavy atom. The summed E-state index contributed by atoms with van der Waals surface area (Å²) in [5.74, 6) is -0.845. The predicted octanol–water partition coefficient (Wildman–Crippen LogP) is 4.62. The third-order valence-corrected chi connectivity index (χ3v) is 3.68. The normalized spacial score (nSPS) is 12.5. The molecule has 1 unspecified atom stereocenters. The van der Waals surface area contributed by atoms with Crippen molar-refractivity contribution in [1.29, 1.82) is 0 Å². The molecule has 100 valence electrons. The lowest BCUT2D eigenvalue weighted by Crippen LogP contribution is -2.16. The van der Waals surface area contributed by atoms with Crippen LogP contribution in [0.25, 0.3) is 0 Å². The van der Waals surface area contributed by atoms with Gasteiger partial charge < -0.3 is 5.73 Å². The molecule has 0 fully saturated rings. The molecule has 1 nitrogen and oxygen atoms in total. The molecule has 0 aliphatic heterocycles. The predicted molar refractivity (Wildman–Crippen MR) is 76.1 cm³/mol. The molecule has 0 amide bonds. The number of hydrogen-bond donors (Lipinski definition) is 1. The highest BCUT2D eigenvalue weighted by Crippen LogP contribution is 2.26. The molecule has 0 bridgehead atoms. The van der Waals surface area contributed by atoms with Crippen molar-refractivity contribution in [2.24, 2.45) is 5.73 Å². The highest BCUT2D eigenvalue weighted by atomic mass is 79.9. The zero-order valence-corrected chi connectivity index (χ0v) is 12.2. The molecular weight excluding hydrogens is 336 g/mol. The van der Waals surface area contributed by atoms with Gasteiger partial charge in [0.15, 0.2) is 0 Å². The second kappa shape index (κ2) is 5.99. The van der Waals surface area contributed by atoms with Crippen molar-refractivity contribution in [3.8, 4) is 0 Å². The van der Waals surface area contributed by atoms with Gasteiger partial charge in [-0.05, 0) is 46.1 Å². The van der Waals surface area contributed by atoms with Gasteiger partial charge in [-0.3, -0.25) is 0 Å². The van der Waals surface area contributed by atoms with Gasteiger partial charge in [-0.25, -0.2) is 8.78 Å². The fourth-order valence-corrected chi connectivity index (χ4v) is 2.38. The van der Waals surface area contributed by atoms with Crippen LogP contribution in [-0.4, -0.2) is 0 Å². The van der Waals surface area contributed by atoms with Gasteiger partial charge in [-0.2, -0.15) is 0 Å². The van der Waals surface area contributed by atoms with E-state index >= 15 is 0 Å². The molecule has 5 heteroatoms. The molecule has 0 aliphatic rings. The average Bonchev–Trinajstić information content (AvgIpc) is 2.36. The molecule has 0 saturated heterocycles. The Balaban J connectivity index is 2.25. The van der Waals surface area contributed by atoms with Gasteiger partial charge >= 0.3 is 0 Å². The zero-order valence-electron chi connectivity index (χ0n) is 9.84. The first-order chi connectivity index (χ1) is 8.99. The molecule has 2 rings (SSSR count). The summed E-state index contributed by atoms with van der Waals surface area (Å²) in [6, 6.07) is 8.64. The SMILES string of the molecule is NC(Cc1ccc(Cl)cc1F)c1cccc(Br)c1F. The van der Waals surface area contributed by atoms with Crippen molar-refractivity contribution in [2.75, 3.05) is 0 Å². The third kappa shape index (κ3) is 3.32. The maximum atomic E-state index is 13.9. The minimum absolute atomic E-state index is 0.205. The van der Waals surface area contributed by atoms with Crippen LogP contribution in [-0.2, 0) is 6.42 Å². The standard InChI is InChI=1S/C14H11BrClF2N/c15-11-3-1-2-10(14(11)18)13(19)6-8-4-5-9(16)7-12(8)17/h1-5,7,13H,6,19H2. The Bertz CT molecular complexity index is 604. The van der Waals surface area contributed by atoms with Crippen LogP contribution in [0.3, 0.4) is 0 Å². The molecule has 2 aromatic rings. The molecule has 0 aliphatic carbocycles. The highest BCUT2D eigenvalue weighted by Gasteiger charge is 2.15. The number of hydrogen-bond acceptors (Lipinski definition) is 1. The quantitative estimate of drug-likeness (QED) is 0.862. The summed E-state index contributed by atoms with van der Waals surface area (Å²) in [4.78, 5) is 0. The van der Waals surface area contributed by atoms with Crippen molar-refractivity contribution in [3.05, 3.63) is 68.7 Å². The molecule has 0 aromatic heterocycles. The van der Waals surface area contributed by atoms with Gasteiger partial charge in [-0.1, -0.05) is 29.8 Å². The summed E-state index contributed by atoms with van der Waals surface area (Å²) in [6.45, 7) is 0. The van der Waals surface area contributed by atoms with Crippen LogP contribution in [0.5, 0.6) is 0 Å². The Labute approximate surface area is 123 Å². The van der Waals surface area contributed by atoms with Crippen molar-refractivity contribution in [3.63, 3.8) is 0 Å². The van der Waals surface area contributed by atoms with Crippen LogP contribution in [0.4, 0.5) is 8.78 Å². The van der Waals surface area contributed by atoms with E-state index in [1.54, 1.807) is 30.3 Å². The first-order valence-electron chi connectivity index (χ1n) is 5.62. The smallest absolute Gasteiger partial charge is 0.142 e. The Morgan fingerprint density at radius 2 is 1.95 bits per heavy atom. The van der Waals surface area contributed by atoms with Crippen molar-refractivity contribution in [2.45, 2.75) is 12.5 Å². The Hall–Kier alpha value is -0.970. The van der Waals surface area contributed by atoms with Crippen molar-refractivity contribution >= 4 is 27.5 Å². The molecule has 1 atom stereocenters. The van der Waals surface area contributed by atoms with Crippen LogP contribution in [0.15, 0.2) is 40.9 Å². The lowest BCUT2D eigenvalue weighted by Gasteiger charge is -2.14. The Kier molecular flexibility index (Phi) is 4.55. The second-order valence-corrected chi connectivity index (χ2v) is 5.48. The van der Waals surface area contributed by atoms with E-state index in [0.717, 1.165) is 0 Å². The summed E-state index contributed by atoms with van der Waals surface area (Å²) in [6.07, 6.45) is 0.205. The summed E-state index contributed by atoms with van der Waals surface area (Å²) < 4.78 is 27.9. The van der Waals surface area contributed by atoms with Gasteiger partial charge in [-0.15, -0.1) is 0 Å². The van der Waals surface area contributed by atoms with Crippen molar-refractivity contribution in [1.82, 2.24) is 0 Å². The zero-order chi connectivity index (χ0) is 14.0. The lowest BCUT2D eigenvalue weighted by atomic mass is 9.99. The molecular formula is C14H11BrClF2N. The fraction of sp³-hybridized carbons (Fsp3) is 0.143. The molecule has 2 N–H and O–H groups in total. The molecule has 0 saturated carbocycles. The van der Waals surface area contributed by atoms with Gasteiger partial charge in [0, 0.05) is 16.6 Å². The van der Waals surface area contributed by atoms with Gasteiger partial charge in [0.25, 0.3) is 0 Å². The van der Waals surface area contributed by atoms with E-state index < -0.39 is 17.7 Å². The van der Waals surface area contributed by atoms with Gasteiger partial charge in [0.2, 0.25) is 0 Å². The van der Waals surface area contributed by atoms with E-state index in [1.807, 2.05) is 0 Å². The minimum atomic E-state index is -0.617. The topological polar surface area (TPSA) is 26.0 Å². The fourth-order valence-electron chi connectivity index (χ4n) is 1.84. The molecule has 19 heavy (non-hydrogen) atoms. The van der Waals surface area contributed by atoms with Crippen LogP contribution in [0.1, 0.15) is 17.2 Å². The number of halogens is 4. The maximum Gasteiger partial charge on any atom is 0.142 e. The average molecular weight is 347 g/mol. The van der Waals surface area contributed by atoms with E-state index in [1.165, 1.54) is 6.07 Å². The monoisotopic (exact) mass is 345 g/mol. The van der Waals surface area contributed by atoms with Gasteiger partial charge in [0.1, 0.15) is 11.6 Å². The van der Waals surface area contributed by atoms with Crippen molar-refractivity contribution < 1.29 is 8.78 Å². The highest BCUT2D eigenvalue weighted by molar-refractivity contribution is 9.10. The number of nitrogens with two attached hydrogens (primary N) is 1. The van der Waals surface area contributed by atoms with E-state index in [0.29, 0.717) is 20.6 Å². The van der Waals surface area contributed by atoms with E-state index in [-0.39, 0.29) is 6.42 Å². The number of benzene rings is 2. The summed E-state index contributed by atoms with van der Waals surface area (Å²) in [7, 11) is 0. The largest absolute Gasteiger partial charge is 0.324 e. The van der Waals surface area contributed by atoms with Crippen LogP contribution in [0.2, 0.25) is 5.02 Å². The number of rotatable bonds is 3. The molecule has 0 heterocycles. The molecule has 0 radical (unpaired) electrons. The van der Waals surface area contributed by atoms with Crippen LogP contribution >= 0.6 is 27.5 Å². The summed E-state index contributed by atoms with van der Waals surface area (Å²) >= 11 is 8.78. The van der Waals surface area contributed by atoms with E-state index in [2.05, 4.69) is 15.9 Å². The maximum absolute atomic E-state index is 13.9. The lowest BCUT2D eigenvalue weighted by molar-refractivity contribution is 0.560. The van der Waals surface area contributed by atoms with Crippen LogP contribution in [0, 0.1) is 11.6 Å². The summed E-state index contributed by atoms with van der Waals surface area (Å²) in [5, 5.41) is 0.323. The summed E-state index contributed by atoms with van der Waals surface area (Å²) in [5.41, 5.74) is 6.71. The van der Waals surface area contributed by atoms with E-state index in [9.17, 15) is 8.78 Å². The van der Waals surface area contributed by atoms with Gasteiger partial charge in [0.05, 0.1) is 4.47 Å². The van der Waals surface area contributed by atoms with Crippen LogP contribution < -0.4 is 5.73 Å². The minimum Gasteiger partial charge on any atom is -0.324 e. The first kappa shape index (κ1) is 14.4. The first-order valence-corrected chi connectivity index (χ1v) is 6.79.